The lowest BCUT2D eigenvalue weighted by Crippen LogP contribution is -2.00. The maximum atomic E-state index is 6.03. The summed E-state index contributed by atoms with van der Waals surface area (Å²) >= 11 is 0. The first-order chi connectivity index (χ1) is 15.3. The fourth-order valence-corrected chi connectivity index (χ4v) is 3.92. The molecule has 3 heterocycles. The van der Waals surface area contributed by atoms with Crippen LogP contribution in [0.2, 0.25) is 0 Å². The number of anilines is 3. The number of ether oxygens (including phenoxy) is 2. The topological polar surface area (TPSA) is 81.4 Å². The highest BCUT2D eigenvalue weighted by molar-refractivity contribution is 5.90. The van der Waals surface area contributed by atoms with Crippen LogP contribution in [-0.2, 0) is 13.0 Å². The third-order valence-electron chi connectivity index (χ3n) is 5.51. The molecule has 2 aliphatic rings. The van der Waals surface area contributed by atoms with Gasteiger partial charge in [0.15, 0.2) is 22.9 Å². The van der Waals surface area contributed by atoms with Gasteiger partial charge in [-0.05, 0) is 60.9 Å². The number of furan rings is 1. The second kappa shape index (κ2) is 7.36. The Hall–Kier alpha value is -4.00. The van der Waals surface area contributed by atoms with E-state index >= 15 is 0 Å². The summed E-state index contributed by atoms with van der Waals surface area (Å²) in [7, 11) is 0. The molecular weight excluding hydrogens is 392 g/mol. The van der Waals surface area contributed by atoms with E-state index in [2.05, 4.69) is 26.7 Å². The van der Waals surface area contributed by atoms with Crippen molar-refractivity contribution in [1.82, 2.24) is 9.97 Å². The molecule has 0 saturated heterocycles. The summed E-state index contributed by atoms with van der Waals surface area (Å²) in [4.78, 5) is 8.83. The van der Waals surface area contributed by atoms with Gasteiger partial charge in [0.2, 0.25) is 6.79 Å². The standard InChI is InChI=1S/C24H20N4O3/c1-2-4-19-18(3-1)22-23(31-19)24(27-13-26-22)28-17-8-6-16(7-9-17)25-12-15-5-10-20-21(11-15)30-14-29-20/h2,4-11,13,25H,1,3,12,14H2,(H,26,27,28). The Morgan fingerprint density at radius 2 is 1.81 bits per heavy atom. The van der Waals surface area contributed by atoms with Crippen molar-refractivity contribution in [3.05, 3.63) is 71.8 Å². The number of hydrogen-bond donors (Lipinski definition) is 2. The van der Waals surface area contributed by atoms with Crippen molar-refractivity contribution >= 4 is 34.4 Å². The molecule has 6 rings (SSSR count). The normalized spacial score (nSPS) is 13.9. The molecule has 0 spiro atoms. The van der Waals surface area contributed by atoms with Gasteiger partial charge in [-0.25, -0.2) is 9.97 Å². The van der Waals surface area contributed by atoms with Gasteiger partial charge in [-0.1, -0.05) is 12.1 Å². The SMILES string of the molecule is C1=Cc2oc3c(Nc4ccc(NCc5ccc6c(c5)OCO6)cc4)ncnc3c2CC1. The summed E-state index contributed by atoms with van der Waals surface area (Å²) < 4.78 is 16.8. The van der Waals surface area contributed by atoms with Crippen molar-refractivity contribution < 1.29 is 13.9 Å². The van der Waals surface area contributed by atoms with Crippen molar-refractivity contribution in [2.75, 3.05) is 17.4 Å². The fraction of sp³-hybridized carbons (Fsp3) is 0.167. The number of benzene rings is 2. The molecule has 4 aromatic rings. The Labute approximate surface area is 178 Å². The summed E-state index contributed by atoms with van der Waals surface area (Å²) in [5, 5.41) is 6.79. The fourth-order valence-electron chi connectivity index (χ4n) is 3.92. The molecule has 2 N–H and O–H groups in total. The first kappa shape index (κ1) is 17.8. The van der Waals surface area contributed by atoms with Gasteiger partial charge in [-0.15, -0.1) is 0 Å². The van der Waals surface area contributed by atoms with E-state index in [1.807, 2.05) is 48.5 Å². The molecule has 0 atom stereocenters. The Bertz CT molecular complexity index is 1290. The summed E-state index contributed by atoms with van der Waals surface area (Å²) in [5.74, 6) is 3.15. The molecule has 2 aromatic heterocycles. The van der Waals surface area contributed by atoms with Gasteiger partial charge in [0.25, 0.3) is 0 Å². The molecule has 0 fully saturated rings. The van der Waals surface area contributed by atoms with Crippen molar-refractivity contribution in [2.45, 2.75) is 19.4 Å². The van der Waals surface area contributed by atoms with E-state index in [9.17, 15) is 0 Å². The Balaban J connectivity index is 1.17. The number of aromatic nitrogens is 2. The largest absolute Gasteiger partial charge is 0.454 e. The van der Waals surface area contributed by atoms with E-state index in [-0.39, 0.29) is 6.79 Å². The van der Waals surface area contributed by atoms with E-state index in [0.29, 0.717) is 17.9 Å². The molecule has 0 unspecified atom stereocenters. The number of aryl methyl sites for hydroxylation is 1. The average Bonchev–Trinajstić information content (AvgIpc) is 3.43. The van der Waals surface area contributed by atoms with Crippen molar-refractivity contribution in [3.63, 3.8) is 0 Å². The minimum absolute atomic E-state index is 0.288. The van der Waals surface area contributed by atoms with Crippen molar-refractivity contribution in [3.8, 4) is 11.5 Å². The van der Waals surface area contributed by atoms with Gasteiger partial charge in [0.1, 0.15) is 17.6 Å². The number of rotatable bonds is 5. The summed E-state index contributed by atoms with van der Waals surface area (Å²) in [6.07, 6.45) is 7.68. The minimum atomic E-state index is 0.288. The van der Waals surface area contributed by atoms with E-state index in [1.54, 1.807) is 6.33 Å². The quantitative estimate of drug-likeness (QED) is 0.462. The van der Waals surface area contributed by atoms with Gasteiger partial charge < -0.3 is 24.5 Å². The number of nitrogens with one attached hydrogen (secondary N) is 2. The molecule has 31 heavy (non-hydrogen) atoms. The van der Waals surface area contributed by atoms with Gasteiger partial charge in [-0.2, -0.15) is 0 Å². The van der Waals surface area contributed by atoms with Crippen LogP contribution in [0.15, 0.2) is 59.3 Å². The van der Waals surface area contributed by atoms with Gasteiger partial charge in [-0.3, -0.25) is 0 Å². The maximum Gasteiger partial charge on any atom is 0.231 e. The second-order valence-electron chi connectivity index (χ2n) is 7.53. The number of nitrogens with zero attached hydrogens (tertiary/aromatic N) is 2. The van der Waals surface area contributed by atoms with E-state index in [4.69, 9.17) is 13.9 Å². The first-order valence-corrected chi connectivity index (χ1v) is 10.3. The lowest BCUT2D eigenvalue weighted by molar-refractivity contribution is 0.174. The lowest BCUT2D eigenvalue weighted by Gasteiger charge is -2.09. The number of fused-ring (bicyclic) bond motifs is 4. The molecule has 154 valence electrons. The van der Waals surface area contributed by atoms with Gasteiger partial charge >= 0.3 is 0 Å². The predicted molar refractivity (Wildman–Crippen MR) is 119 cm³/mol. The predicted octanol–water partition coefficient (Wildman–Crippen LogP) is 5.27. The highest BCUT2D eigenvalue weighted by Crippen LogP contribution is 2.34. The summed E-state index contributed by atoms with van der Waals surface area (Å²) in [6.45, 7) is 0.984. The Kier molecular flexibility index (Phi) is 4.23. The zero-order chi connectivity index (χ0) is 20.6. The molecule has 2 aromatic carbocycles. The van der Waals surface area contributed by atoms with Gasteiger partial charge in [0, 0.05) is 23.5 Å². The first-order valence-electron chi connectivity index (χ1n) is 10.3. The zero-order valence-electron chi connectivity index (χ0n) is 16.7. The molecular formula is C24H20N4O3. The molecule has 1 aliphatic carbocycles. The zero-order valence-corrected chi connectivity index (χ0v) is 16.7. The van der Waals surface area contributed by atoms with Crippen LogP contribution in [-0.4, -0.2) is 16.8 Å². The van der Waals surface area contributed by atoms with Crippen LogP contribution in [0.5, 0.6) is 11.5 Å². The molecule has 7 heteroatoms. The highest BCUT2D eigenvalue weighted by atomic mass is 16.7. The summed E-state index contributed by atoms with van der Waals surface area (Å²) in [6, 6.07) is 14.1. The van der Waals surface area contributed by atoms with Crippen molar-refractivity contribution in [2.24, 2.45) is 0 Å². The maximum absolute atomic E-state index is 6.03. The molecule has 1 aliphatic heterocycles. The number of hydrogen-bond acceptors (Lipinski definition) is 7. The lowest BCUT2D eigenvalue weighted by atomic mass is 10.0. The number of allylic oxidation sites excluding steroid dienone is 1. The second-order valence-corrected chi connectivity index (χ2v) is 7.53. The third kappa shape index (κ3) is 3.34. The third-order valence-corrected chi connectivity index (χ3v) is 5.51. The van der Waals surface area contributed by atoms with Crippen LogP contribution in [0.1, 0.15) is 23.3 Å². The molecule has 0 bridgehead atoms. The smallest absolute Gasteiger partial charge is 0.231 e. The molecule has 7 nitrogen and oxygen atoms in total. The van der Waals surface area contributed by atoms with E-state index in [0.717, 1.165) is 58.1 Å². The summed E-state index contributed by atoms with van der Waals surface area (Å²) in [5.41, 5.74) is 5.83. The van der Waals surface area contributed by atoms with Crippen molar-refractivity contribution in [1.29, 1.82) is 0 Å². The Morgan fingerprint density at radius 3 is 2.74 bits per heavy atom. The van der Waals surface area contributed by atoms with E-state index < -0.39 is 0 Å². The Morgan fingerprint density at radius 1 is 0.935 bits per heavy atom. The minimum Gasteiger partial charge on any atom is -0.454 e. The molecule has 0 saturated carbocycles. The van der Waals surface area contributed by atoms with Crippen LogP contribution in [0.4, 0.5) is 17.2 Å². The average molecular weight is 412 g/mol. The van der Waals surface area contributed by atoms with Crippen LogP contribution in [0.3, 0.4) is 0 Å². The molecule has 0 radical (unpaired) electrons. The van der Waals surface area contributed by atoms with Crippen LogP contribution in [0.25, 0.3) is 17.2 Å². The molecule has 0 amide bonds. The van der Waals surface area contributed by atoms with Gasteiger partial charge in [0.05, 0.1) is 0 Å². The van der Waals surface area contributed by atoms with Crippen LogP contribution in [0, 0.1) is 0 Å². The monoisotopic (exact) mass is 412 g/mol. The van der Waals surface area contributed by atoms with Crippen LogP contribution < -0.4 is 20.1 Å². The van der Waals surface area contributed by atoms with E-state index in [1.165, 1.54) is 0 Å². The highest BCUT2D eigenvalue weighted by Gasteiger charge is 2.19. The van der Waals surface area contributed by atoms with Crippen LogP contribution >= 0.6 is 0 Å².